The Hall–Kier alpha value is -1.20. The highest BCUT2D eigenvalue weighted by atomic mass is 32.2. The van der Waals surface area contributed by atoms with E-state index < -0.39 is 10.8 Å². The molecule has 1 aliphatic rings. The molecule has 3 atom stereocenters. The summed E-state index contributed by atoms with van der Waals surface area (Å²) in [5.74, 6) is 1.53. The van der Waals surface area contributed by atoms with Crippen LogP contribution in [0.3, 0.4) is 0 Å². The molecule has 23 heavy (non-hydrogen) atoms. The quantitative estimate of drug-likeness (QED) is 0.803. The topological polar surface area (TPSA) is 58.2 Å². The van der Waals surface area contributed by atoms with E-state index in [-0.39, 0.29) is 11.9 Å². The number of amides is 1. The molecule has 0 aliphatic carbocycles. The minimum Gasteiger partial charge on any atom is -0.348 e. The summed E-state index contributed by atoms with van der Waals surface area (Å²) in [5.41, 5.74) is 1.02. The van der Waals surface area contributed by atoms with Crippen LogP contribution in [-0.4, -0.2) is 35.2 Å². The number of hydrogen-bond acceptors (Lipinski definition) is 3. The summed E-state index contributed by atoms with van der Waals surface area (Å²) in [5, 5.41) is 6.45. The Kier molecular flexibility index (Phi) is 7.24. The highest BCUT2D eigenvalue weighted by Gasteiger charge is 2.23. The molecule has 0 spiro atoms. The Bertz CT molecular complexity index is 515. The second-order valence-electron chi connectivity index (χ2n) is 6.54. The first-order chi connectivity index (χ1) is 11.1. The van der Waals surface area contributed by atoms with Gasteiger partial charge in [0.1, 0.15) is 0 Å². The number of piperidine rings is 1. The molecule has 0 radical (unpaired) electrons. The zero-order chi connectivity index (χ0) is 16.7. The van der Waals surface area contributed by atoms with Gasteiger partial charge in [-0.05, 0) is 43.3 Å². The third-order valence-electron chi connectivity index (χ3n) is 4.63. The lowest BCUT2D eigenvalue weighted by molar-refractivity contribution is -0.123. The molecular formula is C18H28N2O2S. The lowest BCUT2D eigenvalue weighted by atomic mass is 9.84. The monoisotopic (exact) mass is 336 g/mol. The molecule has 1 heterocycles. The third kappa shape index (κ3) is 6.07. The Morgan fingerprint density at radius 1 is 1.30 bits per heavy atom. The minimum absolute atomic E-state index is 0.0651. The van der Waals surface area contributed by atoms with Crippen LogP contribution in [0.2, 0.25) is 0 Å². The molecule has 0 saturated carbocycles. The van der Waals surface area contributed by atoms with Gasteiger partial charge in [-0.15, -0.1) is 0 Å². The molecule has 1 aromatic carbocycles. The molecule has 1 aliphatic heterocycles. The van der Waals surface area contributed by atoms with Gasteiger partial charge in [0.05, 0.1) is 6.04 Å². The van der Waals surface area contributed by atoms with Crippen LogP contribution in [0.15, 0.2) is 30.3 Å². The summed E-state index contributed by atoms with van der Waals surface area (Å²) in [6, 6.07) is 9.64. The molecule has 1 saturated heterocycles. The first-order valence-corrected chi connectivity index (χ1v) is 10.1. The summed E-state index contributed by atoms with van der Waals surface area (Å²) < 4.78 is 11.6. The highest BCUT2D eigenvalue weighted by molar-refractivity contribution is 7.84. The fraction of sp³-hybridized carbons (Fsp3) is 0.611. The Morgan fingerprint density at radius 2 is 1.96 bits per heavy atom. The molecule has 3 unspecified atom stereocenters. The van der Waals surface area contributed by atoms with Crippen LogP contribution in [-0.2, 0) is 15.6 Å². The average Bonchev–Trinajstić information content (AvgIpc) is 2.55. The van der Waals surface area contributed by atoms with E-state index >= 15 is 0 Å². The zero-order valence-corrected chi connectivity index (χ0v) is 14.9. The van der Waals surface area contributed by atoms with Crippen molar-refractivity contribution in [2.24, 2.45) is 11.8 Å². The van der Waals surface area contributed by atoms with Crippen molar-refractivity contribution in [3.8, 4) is 0 Å². The molecule has 1 aromatic rings. The number of carbonyl (C=O) groups excluding carboxylic acids is 1. The predicted molar refractivity (Wildman–Crippen MR) is 95.6 cm³/mol. The van der Waals surface area contributed by atoms with Crippen LogP contribution >= 0.6 is 0 Å². The molecule has 1 fully saturated rings. The van der Waals surface area contributed by atoms with E-state index in [0.29, 0.717) is 24.0 Å². The fourth-order valence-corrected chi connectivity index (χ4v) is 4.01. The van der Waals surface area contributed by atoms with Crippen molar-refractivity contribution in [3.05, 3.63) is 35.9 Å². The average molecular weight is 337 g/mol. The first kappa shape index (κ1) is 18.1. The highest BCUT2D eigenvalue weighted by Crippen LogP contribution is 2.24. The van der Waals surface area contributed by atoms with Crippen LogP contribution in [0.4, 0.5) is 0 Å². The predicted octanol–water partition coefficient (Wildman–Crippen LogP) is 2.25. The summed E-state index contributed by atoms with van der Waals surface area (Å²) >= 11 is 0. The molecule has 1 amide bonds. The van der Waals surface area contributed by atoms with Gasteiger partial charge in [0, 0.05) is 29.2 Å². The zero-order valence-electron chi connectivity index (χ0n) is 14.1. The number of carbonyl (C=O) groups is 1. The van der Waals surface area contributed by atoms with Gasteiger partial charge in [-0.1, -0.05) is 37.3 Å². The molecular weight excluding hydrogens is 308 g/mol. The van der Waals surface area contributed by atoms with Crippen LogP contribution < -0.4 is 10.6 Å². The molecule has 4 nitrogen and oxygen atoms in total. The summed E-state index contributed by atoms with van der Waals surface area (Å²) in [7, 11) is -0.953. The van der Waals surface area contributed by atoms with Crippen LogP contribution in [0, 0.1) is 11.8 Å². The van der Waals surface area contributed by atoms with E-state index in [0.717, 1.165) is 31.5 Å². The lowest BCUT2D eigenvalue weighted by Gasteiger charge is -2.28. The van der Waals surface area contributed by atoms with Gasteiger partial charge in [-0.25, -0.2) is 0 Å². The van der Waals surface area contributed by atoms with Crippen LogP contribution in [0.5, 0.6) is 0 Å². The molecule has 0 bridgehead atoms. The second kappa shape index (κ2) is 9.18. The summed E-state index contributed by atoms with van der Waals surface area (Å²) in [6.07, 6.45) is 4.52. The summed E-state index contributed by atoms with van der Waals surface area (Å²) in [6.45, 7) is 4.28. The van der Waals surface area contributed by atoms with Crippen molar-refractivity contribution >= 4 is 16.7 Å². The number of rotatable bonds is 7. The molecule has 5 heteroatoms. The van der Waals surface area contributed by atoms with E-state index in [1.54, 1.807) is 6.26 Å². The van der Waals surface area contributed by atoms with Gasteiger partial charge in [0.15, 0.2) is 0 Å². The van der Waals surface area contributed by atoms with E-state index in [1.807, 2.05) is 30.3 Å². The maximum Gasteiger partial charge on any atom is 0.220 e. The van der Waals surface area contributed by atoms with Gasteiger partial charge in [0.25, 0.3) is 0 Å². The lowest BCUT2D eigenvalue weighted by Crippen LogP contribution is -2.36. The molecule has 128 valence electrons. The smallest absolute Gasteiger partial charge is 0.220 e. The molecule has 2 rings (SSSR count). The maximum absolute atomic E-state index is 12.4. The Morgan fingerprint density at radius 3 is 2.57 bits per heavy atom. The number of hydrogen-bond donors (Lipinski definition) is 2. The van der Waals surface area contributed by atoms with Gasteiger partial charge < -0.3 is 10.6 Å². The van der Waals surface area contributed by atoms with Crippen molar-refractivity contribution in [2.75, 3.05) is 25.1 Å². The van der Waals surface area contributed by atoms with E-state index in [1.165, 1.54) is 0 Å². The third-order valence-corrected chi connectivity index (χ3v) is 5.44. The van der Waals surface area contributed by atoms with Crippen molar-refractivity contribution in [1.29, 1.82) is 0 Å². The standard InChI is InChI=1S/C18H28N2O2S/c1-14(15-8-10-19-11-9-15)12-18(21)20-17(13-23(2)22)16-6-4-3-5-7-16/h3-7,14-15,17,19H,8-13H2,1-2H3,(H,20,21). The van der Waals surface area contributed by atoms with Crippen LogP contribution in [0.1, 0.15) is 37.8 Å². The van der Waals surface area contributed by atoms with Crippen molar-refractivity contribution < 1.29 is 9.00 Å². The van der Waals surface area contributed by atoms with Gasteiger partial charge in [-0.3, -0.25) is 9.00 Å². The Labute approximate surface area is 141 Å². The van der Waals surface area contributed by atoms with Crippen molar-refractivity contribution in [1.82, 2.24) is 10.6 Å². The maximum atomic E-state index is 12.4. The van der Waals surface area contributed by atoms with Gasteiger partial charge in [-0.2, -0.15) is 0 Å². The second-order valence-corrected chi connectivity index (χ2v) is 8.02. The normalized spacial score (nSPS) is 19.7. The number of benzene rings is 1. The molecule has 0 aromatic heterocycles. The molecule has 2 N–H and O–H groups in total. The summed E-state index contributed by atoms with van der Waals surface area (Å²) in [4.78, 5) is 12.4. The first-order valence-electron chi connectivity index (χ1n) is 8.41. The van der Waals surface area contributed by atoms with E-state index in [4.69, 9.17) is 0 Å². The van der Waals surface area contributed by atoms with Crippen molar-refractivity contribution in [2.45, 2.75) is 32.2 Å². The van der Waals surface area contributed by atoms with Crippen LogP contribution in [0.25, 0.3) is 0 Å². The van der Waals surface area contributed by atoms with E-state index in [9.17, 15) is 9.00 Å². The number of nitrogens with one attached hydrogen (secondary N) is 2. The Balaban J connectivity index is 1.93. The van der Waals surface area contributed by atoms with E-state index in [2.05, 4.69) is 17.6 Å². The largest absolute Gasteiger partial charge is 0.348 e. The SMILES string of the molecule is CC(CC(=O)NC(CS(C)=O)c1ccccc1)C1CCNCC1. The van der Waals surface area contributed by atoms with Gasteiger partial charge >= 0.3 is 0 Å². The minimum atomic E-state index is -0.953. The van der Waals surface area contributed by atoms with Crippen molar-refractivity contribution in [3.63, 3.8) is 0 Å². The van der Waals surface area contributed by atoms with Gasteiger partial charge in [0.2, 0.25) is 5.91 Å². The fourth-order valence-electron chi connectivity index (χ4n) is 3.27.